The molecule has 0 saturated carbocycles. The van der Waals surface area contributed by atoms with Gasteiger partial charge in [0.15, 0.2) is 0 Å². The Kier molecular flexibility index (Phi) is 29.4. The second-order valence-electron chi connectivity index (χ2n) is 42.7. The summed E-state index contributed by atoms with van der Waals surface area (Å²) in [5, 5.41) is 27.9. The van der Waals surface area contributed by atoms with E-state index in [1.165, 1.54) is 257 Å². The zero-order chi connectivity index (χ0) is 101. The molecule has 18 aromatic rings. The maximum Gasteiger partial charge on any atom is 0.121 e. The summed E-state index contributed by atoms with van der Waals surface area (Å²) in [5.74, 6) is 3.21. The highest BCUT2D eigenvalue weighted by atomic mass is 16.5. The Labute approximate surface area is 864 Å². The monoisotopic (exact) mass is 1960 g/mol. The SMILES string of the molecule is CC[C@@H]1Nc2cc3c(cc2[C@H]2NCC[C@@H]12)ncn3Cc1ccc(OC)c(C)c1.CNCc1ccc(Cn2cnc3cc4c(cc32)CCC4)cc1C.COCc1ccc(Cn2cnc3cc4c(cc32)CCC4)cc1C.COc1ccc(Cn2cnc3cc4c(cc32)N[C@@H](C)[C@@H]2CCN[C@H]42)cc1C.Cc1cc(Cn2cnc3cc4c(cc32)CCC4)ccc1C(C)N.Cc1cc(Cn2cnc3cc4c(cc32)CCC4)ccc1C(C)O. The van der Waals surface area contributed by atoms with Crippen molar-refractivity contribution in [1.82, 2.24) is 73.3 Å². The topological polar surface area (TPSA) is 241 Å². The van der Waals surface area contributed by atoms with Crippen LogP contribution in [0.5, 0.6) is 11.5 Å². The Balaban J connectivity index is 0.000000104. The van der Waals surface area contributed by atoms with Crippen molar-refractivity contribution in [3.05, 3.63) is 365 Å². The molecule has 6 aromatic heterocycles. The van der Waals surface area contributed by atoms with Crippen LogP contribution in [-0.4, -0.2) is 116 Å². The molecule has 8 atom stereocenters. The van der Waals surface area contributed by atoms with E-state index in [9.17, 15) is 5.11 Å². The number of aliphatic hydroxyl groups is 1. The lowest BCUT2D eigenvalue weighted by molar-refractivity contribution is 0.184. The van der Waals surface area contributed by atoms with Crippen LogP contribution in [0.4, 0.5) is 11.4 Å². The molecular weight excluding hydrogens is 1820 g/mol. The third kappa shape index (κ3) is 21.1. The van der Waals surface area contributed by atoms with Gasteiger partial charge in [-0.1, -0.05) is 104 Å². The number of anilines is 2. The lowest BCUT2D eigenvalue weighted by Crippen LogP contribution is -2.37. The van der Waals surface area contributed by atoms with Crippen LogP contribution in [0.25, 0.3) is 66.2 Å². The van der Waals surface area contributed by atoms with E-state index in [1.54, 1.807) is 21.3 Å². The second-order valence-corrected chi connectivity index (χ2v) is 42.7. The largest absolute Gasteiger partial charge is 0.496 e. The van der Waals surface area contributed by atoms with Crippen molar-refractivity contribution in [2.45, 2.75) is 254 Å². The summed E-state index contributed by atoms with van der Waals surface area (Å²) in [6.07, 6.45) is 29.8. The maximum absolute atomic E-state index is 9.77. The number of nitrogens with zero attached hydrogens (tertiary/aromatic N) is 12. The van der Waals surface area contributed by atoms with E-state index in [0.717, 1.165) is 132 Å². The molecule has 22 nitrogen and oxygen atoms in total. The average Bonchev–Trinajstić information content (AvgIpc) is 1.64. The van der Waals surface area contributed by atoms with Crippen LogP contribution in [0.1, 0.15) is 242 Å². The summed E-state index contributed by atoms with van der Waals surface area (Å²) in [7, 11) is 7.16. The van der Waals surface area contributed by atoms with Crippen molar-refractivity contribution in [3.63, 3.8) is 0 Å². The molecule has 8 N–H and O–H groups in total. The van der Waals surface area contributed by atoms with Gasteiger partial charge >= 0.3 is 0 Å². The number of ether oxygens (including phenoxy) is 3. The Morgan fingerprint density at radius 3 is 1.04 bits per heavy atom. The quantitative estimate of drug-likeness (QED) is 0.0354. The van der Waals surface area contributed by atoms with E-state index < -0.39 is 6.10 Å². The van der Waals surface area contributed by atoms with Crippen molar-refractivity contribution in [2.24, 2.45) is 17.6 Å². The highest BCUT2D eigenvalue weighted by Gasteiger charge is 2.41. The summed E-state index contributed by atoms with van der Waals surface area (Å²) in [4.78, 5) is 27.8. The van der Waals surface area contributed by atoms with Crippen molar-refractivity contribution in [1.29, 1.82) is 0 Å². The number of methoxy groups -OCH3 is 3. The molecule has 4 aliphatic heterocycles. The standard InChI is InChI=1S/C23H28N4O.C22H26N4O.2C20H23N3.2C20H22N2O/c1-4-18-16-7-8-24-23(16)17-10-20-21(11-19(17)26-18)27(13-25-20)12-15-5-6-22(28-3)14(2)9-15;1-13-8-15(4-5-21(13)27-3)11-26-12-24-19-9-17-18(10-20(19)26)25-14(2)16-6-7-23-22(16)17;1-14-8-15(6-7-18(14)11-21-2)12-23-13-22-19-9-16-4-3-5-17(16)10-20(19)23;1-13-8-15(6-7-18(13)14(2)21)11-23-12-22-19-9-16-4-3-5-17(16)10-20(19)23;1-14-8-15(6-7-18(14)12-23-2)11-22-13-21-19-9-16-4-3-5-17(16)10-20(19)22;1-13-8-15(6-7-18(13)14(2)23)11-22-12-21-19-9-16-4-3-5-17(16)10-20(19)22/h5-6,9-11,13,16,18,23-24,26H,4,7-8,12H2,1-3H3;4-5,8-10,12,14,16,22-23,25H,6-7,11H2,1-3H3;6-10,13,21H,3-5,11-12H2,1-2H3;6-10,12,14H,3-5,11,21H2,1-2H3;6-10,13H,3-5,11-12H2,1-2H3;6-10,12,14,23H,3-5,11H2,1-2H3/t16-,18-,23-;14-,16-,22-;;;;/m00..../s1. The fraction of sp³-hybridized carbons (Fsp3) is 0.376. The first kappa shape index (κ1) is 99.4. The summed E-state index contributed by atoms with van der Waals surface area (Å²) in [6, 6.07) is 68.7. The third-order valence-electron chi connectivity index (χ3n) is 32.6. The molecule has 2 unspecified atom stereocenters. The minimum Gasteiger partial charge on any atom is -0.496 e. The van der Waals surface area contributed by atoms with Crippen molar-refractivity contribution < 1.29 is 19.3 Å². The molecule has 0 bridgehead atoms. The number of nitrogens with two attached hydrogens (primary N) is 1. The first-order valence-corrected chi connectivity index (χ1v) is 53.6. The highest BCUT2D eigenvalue weighted by molar-refractivity contribution is 5.86. The van der Waals surface area contributed by atoms with Crippen LogP contribution in [0.15, 0.2) is 220 Å². The fourth-order valence-electron chi connectivity index (χ4n) is 24.8. The summed E-state index contributed by atoms with van der Waals surface area (Å²) >= 11 is 0. The predicted molar refractivity (Wildman–Crippen MR) is 596 cm³/mol. The predicted octanol–water partition coefficient (Wildman–Crippen LogP) is 23.6. The maximum atomic E-state index is 9.77. The Hall–Kier alpha value is -13.6. The van der Waals surface area contributed by atoms with Crippen LogP contribution in [0.3, 0.4) is 0 Å². The van der Waals surface area contributed by atoms with Crippen LogP contribution in [-0.2, 0) is 109 Å². The lowest BCUT2D eigenvalue weighted by atomic mass is 9.82. The number of aliphatic hydroxyl groups excluding tert-OH is 1. The van der Waals surface area contributed by atoms with E-state index in [1.807, 2.05) is 77.1 Å². The number of aryl methyl sites for hydroxylation is 14. The van der Waals surface area contributed by atoms with Crippen LogP contribution in [0, 0.1) is 53.4 Å². The highest BCUT2D eigenvalue weighted by Crippen LogP contribution is 2.46. The molecule has 2 saturated heterocycles. The molecule has 0 amide bonds. The smallest absolute Gasteiger partial charge is 0.121 e. The van der Waals surface area contributed by atoms with Gasteiger partial charge in [0.1, 0.15) is 11.5 Å². The van der Waals surface area contributed by atoms with E-state index in [0.29, 0.717) is 42.6 Å². The number of fused-ring (bicyclic) bond motifs is 16. The molecule has 12 aromatic carbocycles. The van der Waals surface area contributed by atoms with Gasteiger partial charge in [-0.3, -0.25) is 0 Å². The summed E-state index contributed by atoms with van der Waals surface area (Å²) < 4.78 is 29.5. The number of rotatable bonds is 21. The first-order chi connectivity index (χ1) is 71.5. The number of imidazole rings is 6. The average molecular weight is 1960 g/mol. The molecule has 26 rings (SSSR count). The van der Waals surface area contributed by atoms with Gasteiger partial charge in [-0.25, -0.2) is 29.9 Å². The molecule has 0 radical (unpaired) electrons. The van der Waals surface area contributed by atoms with Crippen molar-refractivity contribution in [3.8, 4) is 11.5 Å². The van der Waals surface area contributed by atoms with Gasteiger partial charge in [-0.05, 0) is 420 Å². The van der Waals surface area contributed by atoms with Crippen LogP contribution < -0.4 is 41.8 Å². The number of nitrogens with one attached hydrogen (secondary N) is 5. The van der Waals surface area contributed by atoms with E-state index in [2.05, 4.69) is 293 Å². The lowest BCUT2D eigenvalue weighted by Gasteiger charge is -2.36. The number of benzene rings is 12. The van der Waals surface area contributed by atoms with E-state index in [4.69, 9.17) is 29.9 Å². The number of hydrogen-bond acceptors (Lipinski definition) is 16. The second kappa shape index (κ2) is 43.5. The van der Waals surface area contributed by atoms with Crippen molar-refractivity contribution in [2.75, 3.05) is 52.1 Å². The van der Waals surface area contributed by atoms with E-state index >= 15 is 0 Å². The zero-order valence-corrected chi connectivity index (χ0v) is 88.2. The Morgan fingerprint density at radius 2 is 0.701 bits per heavy atom. The van der Waals surface area contributed by atoms with Gasteiger partial charge in [0, 0.05) is 94.5 Å². The molecule has 0 spiro atoms. The minimum atomic E-state index is -0.416. The molecule has 22 heteroatoms. The minimum absolute atomic E-state index is 0.0840. The zero-order valence-electron chi connectivity index (χ0n) is 88.2. The van der Waals surface area contributed by atoms with Gasteiger partial charge in [-0.2, -0.15) is 0 Å². The Bertz CT molecular complexity index is 7580. The summed E-state index contributed by atoms with van der Waals surface area (Å²) in [5.41, 5.74) is 57.1. The molecule has 758 valence electrons. The van der Waals surface area contributed by atoms with Crippen molar-refractivity contribution >= 4 is 77.6 Å². The fourth-order valence-corrected chi connectivity index (χ4v) is 24.8. The van der Waals surface area contributed by atoms with E-state index in [-0.39, 0.29) is 6.04 Å². The molecular formula is C125H144N18O4. The molecule has 147 heavy (non-hydrogen) atoms. The Morgan fingerprint density at radius 1 is 0.381 bits per heavy atom. The molecule has 4 aliphatic carbocycles. The van der Waals surface area contributed by atoms with Crippen LogP contribution >= 0.6 is 0 Å². The molecule has 2 fully saturated rings. The summed E-state index contributed by atoms with van der Waals surface area (Å²) in [6.45, 7) is 30.0. The third-order valence-corrected chi connectivity index (χ3v) is 32.6. The normalized spacial score (nSPS) is 17.8. The molecule has 8 aliphatic rings. The van der Waals surface area contributed by atoms with Gasteiger partial charge in [0.05, 0.1) is 131 Å². The van der Waals surface area contributed by atoms with Gasteiger partial charge in [0.25, 0.3) is 0 Å². The first-order valence-electron chi connectivity index (χ1n) is 53.6. The van der Waals surface area contributed by atoms with Crippen LogP contribution in [0.2, 0.25) is 0 Å². The molecule has 10 heterocycles. The van der Waals surface area contributed by atoms with Gasteiger partial charge in [-0.15, -0.1) is 0 Å². The number of hydrogen-bond donors (Lipinski definition) is 7. The number of aromatic nitrogens is 12. The van der Waals surface area contributed by atoms with Gasteiger partial charge < -0.3 is 79.0 Å². The van der Waals surface area contributed by atoms with Gasteiger partial charge in [0.2, 0.25) is 0 Å².